The Hall–Kier alpha value is -0.940. The lowest BCUT2D eigenvalue weighted by molar-refractivity contribution is 0.0855. The second-order valence-electron chi connectivity index (χ2n) is 8.18. The third kappa shape index (κ3) is 3.94. The summed E-state index contributed by atoms with van der Waals surface area (Å²) in [6.07, 6.45) is 4.96. The van der Waals surface area contributed by atoms with Crippen molar-refractivity contribution in [3.05, 3.63) is 11.7 Å². The molecular weight excluding hydrogens is 288 g/mol. The van der Waals surface area contributed by atoms with Crippen LogP contribution in [-0.2, 0) is 5.41 Å². The van der Waals surface area contributed by atoms with Crippen LogP contribution in [0, 0.1) is 0 Å². The predicted octanol–water partition coefficient (Wildman–Crippen LogP) is 3.03. The molecule has 2 aliphatic heterocycles. The topological polar surface area (TPSA) is 45.4 Å². The maximum absolute atomic E-state index is 5.55. The Morgan fingerprint density at radius 3 is 2.22 bits per heavy atom. The molecule has 130 valence electrons. The molecule has 3 rings (SSSR count). The third-order valence-corrected chi connectivity index (χ3v) is 5.51. The van der Waals surface area contributed by atoms with Gasteiger partial charge in [-0.2, -0.15) is 4.98 Å². The van der Waals surface area contributed by atoms with Crippen molar-refractivity contribution in [1.82, 2.24) is 19.9 Å². The molecule has 0 radical (unpaired) electrons. The maximum Gasteiger partial charge on any atom is 0.229 e. The summed E-state index contributed by atoms with van der Waals surface area (Å²) in [7, 11) is 0. The largest absolute Gasteiger partial charge is 0.339 e. The lowest BCUT2D eigenvalue weighted by atomic mass is 9.93. The van der Waals surface area contributed by atoms with Gasteiger partial charge in [-0.3, -0.25) is 0 Å². The van der Waals surface area contributed by atoms with Crippen LogP contribution in [0.15, 0.2) is 4.52 Å². The van der Waals surface area contributed by atoms with Crippen molar-refractivity contribution in [1.29, 1.82) is 0 Å². The van der Waals surface area contributed by atoms with E-state index in [4.69, 9.17) is 4.52 Å². The zero-order chi connectivity index (χ0) is 16.4. The van der Waals surface area contributed by atoms with Crippen LogP contribution in [0.4, 0.5) is 0 Å². The molecule has 0 saturated carbocycles. The molecule has 3 heterocycles. The number of rotatable bonds is 3. The fraction of sp³-hybridized carbons (Fsp3) is 0.889. The molecule has 0 bridgehead atoms. The molecule has 5 nitrogen and oxygen atoms in total. The predicted molar refractivity (Wildman–Crippen MR) is 91.7 cm³/mol. The zero-order valence-electron chi connectivity index (χ0n) is 15.2. The Balaban J connectivity index is 1.52. The normalized spacial score (nSPS) is 23.5. The van der Waals surface area contributed by atoms with Gasteiger partial charge < -0.3 is 14.3 Å². The van der Waals surface area contributed by atoms with E-state index in [0.717, 1.165) is 30.6 Å². The highest BCUT2D eigenvalue weighted by Gasteiger charge is 2.31. The fourth-order valence-electron chi connectivity index (χ4n) is 3.82. The van der Waals surface area contributed by atoms with Crippen molar-refractivity contribution < 1.29 is 4.52 Å². The first kappa shape index (κ1) is 16.9. The van der Waals surface area contributed by atoms with E-state index in [2.05, 4.69) is 47.6 Å². The van der Waals surface area contributed by atoms with Crippen molar-refractivity contribution in [2.24, 2.45) is 0 Å². The second kappa shape index (κ2) is 6.89. The summed E-state index contributed by atoms with van der Waals surface area (Å²) in [6, 6.07) is 0.784. The van der Waals surface area contributed by atoms with Crippen LogP contribution in [0.3, 0.4) is 0 Å². The van der Waals surface area contributed by atoms with Crippen LogP contribution >= 0.6 is 0 Å². The zero-order valence-corrected chi connectivity index (χ0v) is 15.2. The molecule has 0 aromatic carbocycles. The van der Waals surface area contributed by atoms with Gasteiger partial charge in [0, 0.05) is 17.4 Å². The Bertz CT molecular complexity index is 491. The Morgan fingerprint density at radius 1 is 1.04 bits per heavy atom. The van der Waals surface area contributed by atoms with Gasteiger partial charge in [-0.05, 0) is 58.4 Å². The molecule has 0 spiro atoms. The van der Waals surface area contributed by atoms with E-state index in [9.17, 15) is 0 Å². The minimum absolute atomic E-state index is 0.0320. The van der Waals surface area contributed by atoms with Crippen molar-refractivity contribution in [2.75, 3.05) is 32.7 Å². The Labute approximate surface area is 140 Å². The Kier molecular flexibility index (Phi) is 5.07. The van der Waals surface area contributed by atoms with Crippen LogP contribution in [0.5, 0.6) is 0 Å². The number of likely N-dealkylation sites (tertiary alicyclic amines) is 2. The minimum atomic E-state index is -0.0320. The van der Waals surface area contributed by atoms with Crippen molar-refractivity contribution in [2.45, 2.75) is 70.8 Å². The number of hydrogen-bond acceptors (Lipinski definition) is 5. The molecule has 1 aromatic heterocycles. The summed E-state index contributed by atoms with van der Waals surface area (Å²) < 4.78 is 5.55. The first-order valence-corrected chi connectivity index (χ1v) is 9.28. The molecule has 23 heavy (non-hydrogen) atoms. The lowest BCUT2D eigenvalue weighted by Gasteiger charge is -2.41. The van der Waals surface area contributed by atoms with E-state index in [-0.39, 0.29) is 5.41 Å². The van der Waals surface area contributed by atoms with Gasteiger partial charge in [0.15, 0.2) is 5.82 Å². The molecule has 1 aromatic rings. The number of hydrogen-bond donors (Lipinski definition) is 0. The Morgan fingerprint density at radius 2 is 1.70 bits per heavy atom. The molecule has 0 amide bonds. The molecule has 2 fully saturated rings. The van der Waals surface area contributed by atoms with Gasteiger partial charge in [-0.1, -0.05) is 32.9 Å². The molecule has 0 N–H and O–H groups in total. The van der Waals surface area contributed by atoms with Gasteiger partial charge in [0.1, 0.15) is 0 Å². The van der Waals surface area contributed by atoms with Crippen molar-refractivity contribution >= 4 is 0 Å². The summed E-state index contributed by atoms with van der Waals surface area (Å²) in [5.41, 5.74) is -0.0320. The van der Waals surface area contributed by atoms with Gasteiger partial charge in [0.2, 0.25) is 5.89 Å². The summed E-state index contributed by atoms with van der Waals surface area (Å²) in [5, 5.41) is 4.18. The van der Waals surface area contributed by atoms with E-state index in [1.165, 1.54) is 45.6 Å². The quantitative estimate of drug-likeness (QED) is 0.856. The highest BCUT2D eigenvalue weighted by molar-refractivity contribution is 5.03. The smallest absolute Gasteiger partial charge is 0.229 e. The first-order chi connectivity index (χ1) is 11.0. The number of piperidine rings is 2. The van der Waals surface area contributed by atoms with E-state index >= 15 is 0 Å². The van der Waals surface area contributed by atoms with E-state index in [1.54, 1.807) is 0 Å². The number of aromatic nitrogens is 2. The number of nitrogens with zero attached hydrogens (tertiary/aromatic N) is 4. The van der Waals surface area contributed by atoms with E-state index < -0.39 is 0 Å². The monoisotopic (exact) mass is 320 g/mol. The average Bonchev–Trinajstić information content (AvgIpc) is 3.05. The van der Waals surface area contributed by atoms with Crippen LogP contribution in [0.2, 0.25) is 0 Å². The van der Waals surface area contributed by atoms with Crippen LogP contribution in [-0.4, -0.2) is 58.7 Å². The summed E-state index contributed by atoms with van der Waals surface area (Å²) in [6.45, 7) is 14.7. The van der Waals surface area contributed by atoms with Crippen LogP contribution < -0.4 is 0 Å². The van der Waals surface area contributed by atoms with Crippen LogP contribution in [0.1, 0.15) is 71.0 Å². The molecule has 0 aliphatic carbocycles. The molecule has 2 aliphatic rings. The molecule has 2 saturated heterocycles. The average molecular weight is 320 g/mol. The standard InChI is InChI=1S/C18H32N4O/c1-5-21-10-8-15(9-11-21)22-12-6-14(7-13-22)16-19-17(20-23-16)18(2,3)4/h14-15H,5-13H2,1-4H3. The van der Waals surface area contributed by atoms with E-state index in [1.807, 2.05) is 0 Å². The fourth-order valence-corrected chi connectivity index (χ4v) is 3.82. The summed E-state index contributed by atoms with van der Waals surface area (Å²) in [4.78, 5) is 9.92. The lowest BCUT2D eigenvalue weighted by Crippen LogP contribution is -2.47. The molecule has 5 heteroatoms. The van der Waals surface area contributed by atoms with Gasteiger partial charge in [0.05, 0.1) is 0 Å². The van der Waals surface area contributed by atoms with E-state index in [0.29, 0.717) is 5.92 Å². The second-order valence-corrected chi connectivity index (χ2v) is 8.18. The van der Waals surface area contributed by atoms with Crippen LogP contribution in [0.25, 0.3) is 0 Å². The van der Waals surface area contributed by atoms with Gasteiger partial charge in [0.25, 0.3) is 0 Å². The summed E-state index contributed by atoms with van der Waals surface area (Å²) >= 11 is 0. The highest BCUT2D eigenvalue weighted by Crippen LogP contribution is 2.31. The highest BCUT2D eigenvalue weighted by atomic mass is 16.5. The van der Waals surface area contributed by atoms with Crippen molar-refractivity contribution in [3.8, 4) is 0 Å². The molecular formula is C18H32N4O. The van der Waals surface area contributed by atoms with Gasteiger partial charge in [-0.25, -0.2) is 0 Å². The maximum atomic E-state index is 5.55. The SMILES string of the molecule is CCN1CCC(N2CCC(c3nc(C(C)(C)C)no3)CC2)CC1. The molecule has 0 unspecified atom stereocenters. The first-order valence-electron chi connectivity index (χ1n) is 9.28. The van der Waals surface area contributed by atoms with Crippen molar-refractivity contribution in [3.63, 3.8) is 0 Å². The third-order valence-electron chi connectivity index (χ3n) is 5.51. The van der Waals surface area contributed by atoms with Gasteiger partial charge >= 0.3 is 0 Å². The summed E-state index contributed by atoms with van der Waals surface area (Å²) in [5.74, 6) is 2.14. The van der Waals surface area contributed by atoms with Gasteiger partial charge in [-0.15, -0.1) is 0 Å². The minimum Gasteiger partial charge on any atom is -0.339 e. The molecule has 0 atom stereocenters.